The zero-order chi connectivity index (χ0) is 67.8. The molecule has 0 fully saturated rings. The summed E-state index contributed by atoms with van der Waals surface area (Å²) < 4.78 is 61.4. The van der Waals surface area contributed by atoms with E-state index in [0.29, 0.717) is 64.2 Å². The van der Waals surface area contributed by atoms with E-state index >= 15 is 0 Å². The number of hydrogen-bond acceptors (Lipinski definition) is 25. The predicted octanol–water partition coefficient (Wildman–Crippen LogP) is 15.1. The van der Waals surface area contributed by atoms with E-state index < -0.39 is 50.9 Å². The van der Waals surface area contributed by atoms with Gasteiger partial charge in [0, 0.05) is 68.1 Å². The van der Waals surface area contributed by atoms with Gasteiger partial charge in [-0.2, -0.15) is 0 Å². The van der Waals surface area contributed by atoms with Gasteiger partial charge >= 0.3 is 11.9 Å². The lowest BCUT2D eigenvalue weighted by Gasteiger charge is -2.09. The van der Waals surface area contributed by atoms with E-state index in [0.717, 1.165) is 135 Å². The smallest absolute Gasteiger partial charge is 0.343 e. The second-order valence-electron chi connectivity index (χ2n) is 21.0. The van der Waals surface area contributed by atoms with E-state index in [1.807, 2.05) is 82.9 Å². The number of aliphatic carboxylic acids is 1. The van der Waals surface area contributed by atoms with Crippen LogP contribution in [-0.2, 0) is 46.7 Å². The van der Waals surface area contributed by atoms with Gasteiger partial charge in [0.25, 0.3) is 0 Å². The highest BCUT2D eigenvalue weighted by Crippen LogP contribution is 2.47. The number of nitrogens with two attached hydrogens (primary N) is 3. The van der Waals surface area contributed by atoms with Crippen LogP contribution in [0.25, 0.3) is 96.1 Å². The average molecular weight is 1460 g/mol. The number of thiazole rings is 3. The number of anilines is 3. The monoisotopic (exact) mass is 1460 g/mol. The minimum atomic E-state index is -1.18. The highest BCUT2D eigenvalue weighted by Gasteiger charge is 2.25. The topological polar surface area (TPSA) is 318 Å². The van der Waals surface area contributed by atoms with E-state index in [9.17, 15) is 22.2 Å². The Morgan fingerprint density at radius 2 is 0.812 bits per heavy atom. The lowest BCUT2D eigenvalue weighted by atomic mass is 10.0. The maximum Gasteiger partial charge on any atom is 0.343 e. The number of carboxylic acids is 1. The number of carbonyl (C=O) groups excluding carboxylic acids is 1. The third kappa shape index (κ3) is 17.0. The number of carboxylic acid groups (broad SMARTS) is 1. The van der Waals surface area contributed by atoms with Gasteiger partial charge in [-0.1, -0.05) is 76.4 Å². The van der Waals surface area contributed by atoms with Gasteiger partial charge in [0.05, 0.1) is 63.2 Å². The summed E-state index contributed by atoms with van der Waals surface area (Å²) in [6, 6.07) is 28.1. The molecule has 20 nitrogen and oxygen atoms in total. The van der Waals surface area contributed by atoms with Crippen molar-refractivity contribution in [2.45, 2.75) is 71.9 Å². The highest BCUT2D eigenvalue weighted by atomic mass is 32.2. The molecule has 0 bridgehead atoms. The van der Waals surface area contributed by atoms with Crippen molar-refractivity contribution in [3.05, 3.63) is 126 Å². The molecule has 0 spiro atoms. The van der Waals surface area contributed by atoms with Gasteiger partial charge < -0.3 is 46.4 Å². The fourth-order valence-electron chi connectivity index (χ4n) is 9.68. The van der Waals surface area contributed by atoms with Crippen LogP contribution in [0.15, 0.2) is 138 Å². The van der Waals surface area contributed by atoms with Crippen molar-refractivity contribution in [1.29, 1.82) is 0 Å². The summed E-state index contributed by atoms with van der Waals surface area (Å²) >= 11 is 8.68. The molecule has 0 saturated carbocycles. The number of aliphatic hydroxyl groups excluding tert-OH is 1. The first kappa shape index (κ1) is 70.8. The maximum atomic E-state index is 12.9. The number of ether oxygens (including phenoxy) is 4. The van der Waals surface area contributed by atoms with Gasteiger partial charge in [-0.3, -0.25) is 12.6 Å². The number of rotatable bonds is 27. The van der Waals surface area contributed by atoms with Crippen molar-refractivity contribution in [1.82, 2.24) is 29.9 Å². The third-order valence-corrected chi connectivity index (χ3v) is 25.8. The van der Waals surface area contributed by atoms with E-state index in [2.05, 4.69) is 40.5 Å². The predicted molar refractivity (Wildman–Crippen MR) is 394 cm³/mol. The van der Waals surface area contributed by atoms with Crippen LogP contribution in [0.1, 0.15) is 59.3 Å². The molecule has 96 heavy (non-hydrogen) atoms. The number of thiophene rings is 3. The molecular weight excluding hydrogens is 1400 g/mol. The number of pyridine rings is 3. The minimum Gasteiger partial charge on any atom is -0.491 e. The van der Waals surface area contributed by atoms with Crippen molar-refractivity contribution >= 4 is 160 Å². The van der Waals surface area contributed by atoms with Crippen molar-refractivity contribution in [3.8, 4) is 82.7 Å². The molecule has 12 aromatic rings. The molecular formula is C67H67N9O11S9. The molecule has 0 aliphatic carbocycles. The summed E-state index contributed by atoms with van der Waals surface area (Å²) in [5.41, 5.74) is 28.8. The van der Waals surface area contributed by atoms with Crippen molar-refractivity contribution < 1.29 is 51.4 Å². The van der Waals surface area contributed by atoms with Crippen LogP contribution < -0.4 is 31.4 Å². The molecule has 8 N–H and O–H groups in total. The van der Waals surface area contributed by atoms with Gasteiger partial charge in [0.2, 0.25) is 0 Å². The van der Waals surface area contributed by atoms with Crippen LogP contribution in [0.2, 0.25) is 0 Å². The van der Waals surface area contributed by atoms with Gasteiger partial charge in [-0.25, -0.2) is 39.5 Å². The number of fused-ring (bicyclic) bond motifs is 3. The number of unbranched alkanes of at least 4 members (excludes halogenated alkanes) is 3. The van der Waals surface area contributed by atoms with Crippen LogP contribution >= 0.6 is 68.0 Å². The Bertz CT molecular complexity index is 4680. The summed E-state index contributed by atoms with van der Waals surface area (Å²) in [7, 11) is -2.18. The Kier molecular flexibility index (Phi) is 24.9. The van der Waals surface area contributed by atoms with E-state index in [1.165, 1.54) is 75.1 Å². The van der Waals surface area contributed by atoms with Crippen LogP contribution in [0.4, 0.5) is 17.1 Å². The number of aromatic nitrogens is 6. The first-order chi connectivity index (χ1) is 46.6. The van der Waals surface area contributed by atoms with Crippen LogP contribution in [0, 0.1) is 0 Å². The maximum absolute atomic E-state index is 12.9. The van der Waals surface area contributed by atoms with Crippen molar-refractivity contribution in [2.75, 3.05) is 68.0 Å². The molecule has 0 radical (unpaired) electrons. The number of nitrogens with zero attached hydrogens (tertiary/aromatic N) is 6. The number of aliphatic hydroxyl groups is 1. The SMILES string of the molecule is CCCCS(=O)c1sc2nc(-c3nccs3)cc(-c3ccc(OCC(=O)O)cc3)c2c1N.CCCCS(=O)c1sc2nc(-c3nccs3)cc(-c3ccc(OCC(=O)OC)cc3)c2c1N.CCCCS(=O)c1sc2nc(-c3nccs3)cc(-c3ccc(OCCO)cc3)c2c1N. The summed E-state index contributed by atoms with van der Waals surface area (Å²) in [4.78, 5) is 51.9. The first-order valence-electron chi connectivity index (χ1n) is 30.2. The zero-order valence-electron chi connectivity index (χ0n) is 52.5. The molecule has 3 unspecified atom stereocenters. The lowest BCUT2D eigenvalue weighted by molar-refractivity contribution is -0.143. The number of hydrogen-bond donors (Lipinski definition) is 5. The number of benzene rings is 3. The molecule has 3 atom stereocenters. The fraction of sp³-hybridized carbons (Fsp3) is 0.254. The molecule has 0 saturated heterocycles. The van der Waals surface area contributed by atoms with Crippen LogP contribution in [0.5, 0.6) is 17.2 Å². The van der Waals surface area contributed by atoms with Crippen molar-refractivity contribution in [3.63, 3.8) is 0 Å². The molecule has 29 heteroatoms. The molecule has 9 aromatic heterocycles. The van der Waals surface area contributed by atoms with Gasteiger partial charge in [0.15, 0.2) is 13.2 Å². The fourth-order valence-corrected chi connectivity index (χ4v) is 19.9. The Morgan fingerprint density at radius 3 is 1.09 bits per heavy atom. The molecule has 9 heterocycles. The van der Waals surface area contributed by atoms with E-state index in [-0.39, 0.29) is 19.8 Å². The summed E-state index contributed by atoms with van der Waals surface area (Å²) in [5, 5.41) is 28.3. The normalized spacial score (nSPS) is 12.2. The molecule has 0 amide bonds. The van der Waals surface area contributed by atoms with Crippen molar-refractivity contribution in [2.24, 2.45) is 0 Å². The Labute approximate surface area is 585 Å². The number of methoxy groups -OCH3 is 1. The van der Waals surface area contributed by atoms with E-state index in [1.54, 1.807) is 42.9 Å². The number of nitrogen functional groups attached to an aromatic ring is 3. The molecule has 500 valence electrons. The lowest BCUT2D eigenvalue weighted by Crippen LogP contribution is -2.12. The Balaban J connectivity index is 0.000000157. The molecule has 3 aromatic carbocycles. The van der Waals surface area contributed by atoms with Gasteiger partial charge in [-0.05, 0) is 107 Å². The summed E-state index contributed by atoms with van der Waals surface area (Å²) in [6.07, 6.45) is 10.8. The van der Waals surface area contributed by atoms with Crippen LogP contribution in [0.3, 0.4) is 0 Å². The Morgan fingerprint density at radius 1 is 0.490 bits per heavy atom. The third-order valence-electron chi connectivity index (χ3n) is 14.4. The second-order valence-corrected chi connectivity index (χ2v) is 32.0. The van der Waals surface area contributed by atoms with Gasteiger partial charge in [0.1, 0.15) is 83.1 Å². The molecule has 0 aliphatic heterocycles. The molecule has 12 rings (SSSR count). The quantitative estimate of drug-likeness (QED) is 0.0299. The van der Waals surface area contributed by atoms with Crippen LogP contribution in [-0.4, -0.2) is 115 Å². The van der Waals surface area contributed by atoms with Gasteiger partial charge in [-0.15, -0.1) is 68.0 Å². The molecule has 0 aliphatic rings. The summed E-state index contributed by atoms with van der Waals surface area (Å²) in [5.74, 6) is 1.95. The first-order valence-corrected chi connectivity index (χ1v) is 39.3. The second kappa shape index (κ2) is 33.8. The standard InChI is InChI=1S/C23H23N3O4S3.C22H21N3O4S3.C22H23N3O3S3/c1-3-4-11-33(28)23-20(24)19-16(12-17(26-22(19)32-23)21-25-9-10-31-21)14-5-7-15(8-6-14)30-13-18(27)29-2;1-2-3-10-32(28)22-19(23)18-15(13-4-6-14(7-5-13)29-12-17(26)27)11-16(25-21(18)31-22)20-24-8-9-30-20;1-2-3-12-31(27)22-19(23)18-16(14-4-6-15(7-5-14)28-10-9-26)13-17(25-21(18)30-22)20-24-8-11-29-20/h5-10,12H,3-4,11,13,24H2,1-2H3;4-9,11H,2-3,10,12,23H2,1H3,(H,26,27);4-8,11,13,26H,2-3,9-10,12,23H2,1H3. The minimum absolute atomic E-state index is 0.0344. The Hall–Kier alpha value is -7.97. The highest BCUT2D eigenvalue weighted by molar-refractivity contribution is 7.88. The zero-order valence-corrected chi connectivity index (χ0v) is 59.8. The average Bonchev–Trinajstić information content (AvgIpc) is 1.61. The van der Waals surface area contributed by atoms with E-state index in [4.69, 9.17) is 56.6 Å². The number of esters is 1. The number of carbonyl (C=O) groups is 2. The largest absolute Gasteiger partial charge is 0.491 e. The summed E-state index contributed by atoms with van der Waals surface area (Å²) in [6.45, 7) is 5.87.